The first-order valence-electron chi connectivity index (χ1n) is 6.60. The smallest absolute Gasteiger partial charge is 0.124 e. The summed E-state index contributed by atoms with van der Waals surface area (Å²) in [6, 6.07) is 4.70. The second-order valence-corrected chi connectivity index (χ2v) is 4.48. The average Bonchev–Trinajstić information content (AvgIpc) is 2.36. The average molecular weight is 252 g/mol. The van der Waals surface area contributed by atoms with E-state index in [4.69, 9.17) is 5.73 Å². The quantitative estimate of drug-likeness (QED) is 0.696. The molecule has 18 heavy (non-hydrogen) atoms. The minimum absolute atomic E-state index is 0.00199. The van der Waals surface area contributed by atoms with E-state index in [1.165, 1.54) is 6.07 Å². The fourth-order valence-electron chi connectivity index (χ4n) is 2.18. The third-order valence-electron chi connectivity index (χ3n) is 3.24. The highest BCUT2D eigenvalue weighted by Crippen LogP contribution is 2.30. The van der Waals surface area contributed by atoms with E-state index in [-0.39, 0.29) is 17.5 Å². The lowest BCUT2D eigenvalue weighted by Crippen LogP contribution is -2.34. The standard InChI is InChI=1S/C14H24N2O2/c1-3-5-8-16(4-2)13(10-15)12-7-6-11(17)9-14(12)18/h6-7,9,13,17-18H,3-5,8,10,15H2,1-2H3. The van der Waals surface area contributed by atoms with Crippen LogP contribution in [0.2, 0.25) is 0 Å². The van der Waals surface area contributed by atoms with E-state index in [9.17, 15) is 10.2 Å². The molecule has 4 heteroatoms. The van der Waals surface area contributed by atoms with Crippen LogP contribution in [0.5, 0.6) is 11.5 Å². The lowest BCUT2D eigenvalue weighted by Gasteiger charge is -2.30. The molecule has 0 heterocycles. The number of phenolic OH excluding ortho intramolecular Hbond substituents is 2. The molecule has 0 fully saturated rings. The Hall–Kier alpha value is -1.26. The van der Waals surface area contributed by atoms with Gasteiger partial charge in [-0.15, -0.1) is 0 Å². The van der Waals surface area contributed by atoms with Crippen LogP contribution in [-0.2, 0) is 0 Å². The van der Waals surface area contributed by atoms with E-state index in [2.05, 4.69) is 18.7 Å². The summed E-state index contributed by atoms with van der Waals surface area (Å²) < 4.78 is 0. The van der Waals surface area contributed by atoms with Crippen LogP contribution in [0, 0.1) is 0 Å². The summed E-state index contributed by atoms with van der Waals surface area (Å²) >= 11 is 0. The molecule has 4 nitrogen and oxygen atoms in total. The molecule has 0 aliphatic rings. The number of aromatic hydroxyl groups is 2. The van der Waals surface area contributed by atoms with Crippen molar-refractivity contribution >= 4 is 0 Å². The molecule has 1 unspecified atom stereocenters. The van der Waals surface area contributed by atoms with Gasteiger partial charge in [0.25, 0.3) is 0 Å². The van der Waals surface area contributed by atoms with E-state index in [0.29, 0.717) is 6.54 Å². The maximum Gasteiger partial charge on any atom is 0.124 e. The van der Waals surface area contributed by atoms with Gasteiger partial charge < -0.3 is 15.9 Å². The van der Waals surface area contributed by atoms with Crippen LogP contribution in [0.25, 0.3) is 0 Å². The molecule has 102 valence electrons. The van der Waals surface area contributed by atoms with E-state index < -0.39 is 0 Å². The molecular weight excluding hydrogens is 228 g/mol. The van der Waals surface area contributed by atoms with Crippen molar-refractivity contribution in [2.24, 2.45) is 5.73 Å². The topological polar surface area (TPSA) is 69.7 Å². The molecule has 1 aromatic carbocycles. The number of nitrogens with zero attached hydrogens (tertiary/aromatic N) is 1. The van der Waals surface area contributed by atoms with Crippen molar-refractivity contribution in [3.05, 3.63) is 23.8 Å². The monoisotopic (exact) mass is 252 g/mol. The summed E-state index contributed by atoms with van der Waals surface area (Å²) in [5.74, 6) is 0.184. The Bertz CT molecular complexity index is 369. The normalized spacial score (nSPS) is 12.9. The highest BCUT2D eigenvalue weighted by molar-refractivity contribution is 5.41. The Morgan fingerprint density at radius 3 is 2.50 bits per heavy atom. The number of hydrogen-bond acceptors (Lipinski definition) is 4. The van der Waals surface area contributed by atoms with Gasteiger partial charge in [0.15, 0.2) is 0 Å². The van der Waals surface area contributed by atoms with Gasteiger partial charge in [0.1, 0.15) is 11.5 Å². The minimum atomic E-state index is 0.00199. The zero-order valence-electron chi connectivity index (χ0n) is 11.3. The van der Waals surface area contributed by atoms with Gasteiger partial charge in [0.05, 0.1) is 6.04 Å². The van der Waals surface area contributed by atoms with Crippen molar-refractivity contribution in [3.63, 3.8) is 0 Å². The van der Waals surface area contributed by atoms with Crippen molar-refractivity contribution in [3.8, 4) is 11.5 Å². The van der Waals surface area contributed by atoms with Crippen LogP contribution in [0.1, 0.15) is 38.3 Å². The van der Waals surface area contributed by atoms with Gasteiger partial charge in [-0.1, -0.05) is 26.3 Å². The van der Waals surface area contributed by atoms with E-state index in [1.54, 1.807) is 12.1 Å². The number of nitrogens with two attached hydrogens (primary N) is 1. The number of rotatable bonds is 7. The van der Waals surface area contributed by atoms with E-state index in [0.717, 1.165) is 31.5 Å². The minimum Gasteiger partial charge on any atom is -0.508 e. The lowest BCUT2D eigenvalue weighted by molar-refractivity contribution is 0.205. The maximum absolute atomic E-state index is 9.92. The highest BCUT2D eigenvalue weighted by Gasteiger charge is 2.20. The van der Waals surface area contributed by atoms with Crippen LogP contribution in [0.15, 0.2) is 18.2 Å². The fraction of sp³-hybridized carbons (Fsp3) is 0.571. The van der Waals surface area contributed by atoms with Crippen LogP contribution in [-0.4, -0.2) is 34.7 Å². The number of likely N-dealkylation sites (N-methyl/N-ethyl adjacent to an activating group) is 1. The molecule has 0 aliphatic carbocycles. The third-order valence-corrected chi connectivity index (χ3v) is 3.24. The molecule has 0 amide bonds. The molecule has 0 saturated carbocycles. The molecule has 0 spiro atoms. The molecule has 1 atom stereocenters. The van der Waals surface area contributed by atoms with E-state index >= 15 is 0 Å². The van der Waals surface area contributed by atoms with Gasteiger partial charge in [0, 0.05) is 18.2 Å². The molecule has 1 rings (SSSR count). The molecule has 0 aliphatic heterocycles. The molecule has 0 bridgehead atoms. The zero-order chi connectivity index (χ0) is 13.5. The predicted octanol–water partition coefficient (Wildman–Crippen LogP) is 2.22. The summed E-state index contributed by atoms with van der Waals surface area (Å²) in [7, 11) is 0. The maximum atomic E-state index is 9.92. The van der Waals surface area contributed by atoms with E-state index in [1.807, 2.05) is 0 Å². The summed E-state index contributed by atoms with van der Waals surface area (Å²) in [5.41, 5.74) is 6.63. The van der Waals surface area contributed by atoms with Gasteiger partial charge in [-0.2, -0.15) is 0 Å². The van der Waals surface area contributed by atoms with Gasteiger partial charge in [-0.05, 0) is 25.6 Å². The molecule has 0 saturated heterocycles. The summed E-state index contributed by atoms with van der Waals surface area (Å²) in [6.45, 7) is 6.56. The number of unbranched alkanes of at least 4 members (excludes halogenated alkanes) is 1. The van der Waals surface area contributed by atoms with Crippen molar-refractivity contribution in [2.75, 3.05) is 19.6 Å². The second kappa shape index (κ2) is 7.24. The Labute approximate surface area is 109 Å². The highest BCUT2D eigenvalue weighted by atomic mass is 16.3. The van der Waals surface area contributed by atoms with Gasteiger partial charge in [-0.3, -0.25) is 4.90 Å². The van der Waals surface area contributed by atoms with Gasteiger partial charge in [-0.25, -0.2) is 0 Å². The summed E-state index contributed by atoms with van der Waals surface area (Å²) in [6.07, 6.45) is 2.25. The summed E-state index contributed by atoms with van der Waals surface area (Å²) in [4.78, 5) is 2.26. The Balaban J connectivity index is 2.92. The Morgan fingerprint density at radius 1 is 1.28 bits per heavy atom. The number of hydrogen-bond donors (Lipinski definition) is 3. The van der Waals surface area contributed by atoms with Crippen LogP contribution < -0.4 is 5.73 Å². The molecule has 0 radical (unpaired) electrons. The lowest BCUT2D eigenvalue weighted by atomic mass is 10.0. The largest absolute Gasteiger partial charge is 0.508 e. The molecule has 1 aromatic rings. The van der Waals surface area contributed by atoms with Crippen LogP contribution >= 0.6 is 0 Å². The zero-order valence-corrected chi connectivity index (χ0v) is 11.3. The van der Waals surface area contributed by atoms with Crippen LogP contribution in [0.4, 0.5) is 0 Å². The molecular formula is C14H24N2O2. The molecule has 0 aromatic heterocycles. The summed E-state index contributed by atoms with van der Waals surface area (Å²) in [5, 5.41) is 19.2. The van der Waals surface area contributed by atoms with Crippen molar-refractivity contribution in [1.82, 2.24) is 4.90 Å². The van der Waals surface area contributed by atoms with Crippen molar-refractivity contribution in [2.45, 2.75) is 32.7 Å². The SMILES string of the molecule is CCCCN(CC)C(CN)c1ccc(O)cc1O. The molecule has 4 N–H and O–H groups in total. The first kappa shape index (κ1) is 14.8. The van der Waals surface area contributed by atoms with Gasteiger partial charge in [0.2, 0.25) is 0 Å². The van der Waals surface area contributed by atoms with Crippen molar-refractivity contribution in [1.29, 1.82) is 0 Å². The Kier molecular flexibility index (Phi) is 5.95. The van der Waals surface area contributed by atoms with Gasteiger partial charge >= 0.3 is 0 Å². The third kappa shape index (κ3) is 3.62. The van der Waals surface area contributed by atoms with Crippen LogP contribution in [0.3, 0.4) is 0 Å². The first-order valence-corrected chi connectivity index (χ1v) is 6.60. The van der Waals surface area contributed by atoms with Crippen molar-refractivity contribution < 1.29 is 10.2 Å². The second-order valence-electron chi connectivity index (χ2n) is 4.48. The predicted molar refractivity (Wildman–Crippen MR) is 73.7 cm³/mol. The fourth-order valence-corrected chi connectivity index (χ4v) is 2.18. The first-order chi connectivity index (χ1) is 8.63. The number of benzene rings is 1. The Morgan fingerprint density at radius 2 is 2.00 bits per heavy atom. The number of phenols is 2.